The number of hydrogen-bond donors (Lipinski definition) is 1. The number of benzene rings is 2. The van der Waals surface area contributed by atoms with Gasteiger partial charge in [-0.05, 0) is 49.0 Å². The molecule has 2 aromatic carbocycles. The van der Waals surface area contributed by atoms with Gasteiger partial charge in [0.25, 0.3) is 0 Å². The van der Waals surface area contributed by atoms with Crippen LogP contribution in [-0.4, -0.2) is 46.8 Å². The summed E-state index contributed by atoms with van der Waals surface area (Å²) in [5.74, 6) is 0.540. The first-order valence-electron chi connectivity index (χ1n) is 11.8. The van der Waals surface area contributed by atoms with Gasteiger partial charge < -0.3 is 15.5 Å². The first-order chi connectivity index (χ1) is 16.1. The molecule has 6 nitrogen and oxygen atoms in total. The van der Waals surface area contributed by atoms with Gasteiger partial charge in [-0.2, -0.15) is 0 Å². The van der Waals surface area contributed by atoms with Crippen LogP contribution in [-0.2, 0) is 11.3 Å². The number of rotatable bonds is 8. The van der Waals surface area contributed by atoms with E-state index in [2.05, 4.69) is 82.4 Å². The molecule has 0 amide bonds. The van der Waals surface area contributed by atoms with E-state index in [4.69, 9.17) is 10.6 Å². The number of fused-ring (bicyclic) bond motifs is 1. The summed E-state index contributed by atoms with van der Waals surface area (Å²) in [5.41, 5.74) is 13.5. The fourth-order valence-electron chi connectivity index (χ4n) is 4.69. The summed E-state index contributed by atoms with van der Waals surface area (Å²) in [5, 5.41) is 4.60. The second-order valence-electron chi connectivity index (χ2n) is 8.45. The summed E-state index contributed by atoms with van der Waals surface area (Å²) in [4.78, 5) is 17.1. The van der Waals surface area contributed by atoms with Crippen molar-refractivity contribution >= 4 is 11.7 Å². The second-order valence-corrected chi connectivity index (χ2v) is 8.45. The SMILES string of the molecule is CCN(CC)CCON=C1CC(c2ccccc2-c2ccccc2)Cc2nc(N)nc(C)c21. The lowest BCUT2D eigenvalue weighted by molar-refractivity contribution is 0.113. The van der Waals surface area contributed by atoms with Crippen molar-refractivity contribution in [3.8, 4) is 11.1 Å². The molecule has 172 valence electrons. The van der Waals surface area contributed by atoms with E-state index in [-0.39, 0.29) is 5.92 Å². The van der Waals surface area contributed by atoms with E-state index >= 15 is 0 Å². The molecule has 0 spiro atoms. The Balaban J connectivity index is 1.67. The normalized spacial score (nSPS) is 16.7. The van der Waals surface area contributed by atoms with Gasteiger partial charge in [0.1, 0.15) is 6.61 Å². The molecule has 0 fully saturated rings. The molecular formula is C27H33N5O. The zero-order valence-electron chi connectivity index (χ0n) is 19.8. The Kier molecular flexibility index (Phi) is 7.35. The van der Waals surface area contributed by atoms with Crippen molar-refractivity contribution in [3.05, 3.63) is 77.1 Å². The van der Waals surface area contributed by atoms with Gasteiger partial charge in [-0.25, -0.2) is 9.97 Å². The zero-order chi connectivity index (χ0) is 23.2. The number of oxime groups is 1. The van der Waals surface area contributed by atoms with Crippen molar-refractivity contribution in [3.63, 3.8) is 0 Å². The largest absolute Gasteiger partial charge is 0.394 e. The lowest BCUT2D eigenvalue weighted by atomic mass is 9.78. The third-order valence-electron chi connectivity index (χ3n) is 6.40. The maximum absolute atomic E-state index is 6.02. The Labute approximate surface area is 196 Å². The summed E-state index contributed by atoms with van der Waals surface area (Å²) in [6, 6.07) is 19.1. The molecule has 3 aromatic rings. The van der Waals surface area contributed by atoms with Crippen molar-refractivity contribution in [2.45, 2.75) is 39.5 Å². The minimum absolute atomic E-state index is 0.229. The Bertz CT molecular complexity index is 1110. The Hall–Kier alpha value is -3.25. The fourth-order valence-corrected chi connectivity index (χ4v) is 4.69. The van der Waals surface area contributed by atoms with Crippen LogP contribution in [0.3, 0.4) is 0 Å². The van der Waals surface area contributed by atoms with Crippen LogP contribution >= 0.6 is 0 Å². The van der Waals surface area contributed by atoms with Crippen LogP contribution in [0.1, 0.15) is 48.7 Å². The average Bonchev–Trinajstić information content (AvgIpc) is 2.84. The third kappa shape index (κ3) is 5.22. The number of anilines is 1. The highest BCUT2D eigenvalue weighted by molar-refractivity contribution is 6.03. The molecule has 1 heterocycles. The van der Waals surface area contributed by atoms with Gasteiger partial charge in [0.05, 0.1) is 17.1 Å². The summed E-state index contributed by atoms with van der Waals surface area (Å²) in [7, 11) is 0. The molecule has 0 saturated carbocycles. The first-order valence-corrected chi connectivity index (χ1v) is 11.8. The molecule has 33 heavy (non-hydrogen) atoms. The highest BCUT2D eigenvalue weighted by atomic mass is 16.6. The van der Waals surface area contributed by atoms with E-state index in [9.17, 15) is 0 Å². The Morgan fingerprint density at radius 1 is 1.00 bits per heavy atom. The van der Waals surface area contributed by atoms with Crippen LogP contribution in [0.25, 0.3) is 11.1 Å². The molecule has 1 aromatic heterocycles. The number of aromatic nitrogens is 2. The summed E-state index contributed by atoms with van der Waals surface area (Å²) >= 11 is 0. The van der Waals surface area contributed by atoms with Crippen LogP contribution < -0.4 is 5.73 Å². The first kappa shape index (κ1) is 22.9. The van der Waals surface area contributed by atoms with Crippen LogP contribution in [0, 0.1) is 6.92 Å². The molecule has 1 aliphatic carbocycles. The van der Waals surface area contributed by atoms with E-state index in [0.29, 0.717) is 12.6 Å². The molecule has 4 rings (SSSR count). The monoisotopic (exact) mass is 443 g/mol. The van der Waals surface area contributed by atoms with Crippen molar-refractivity contribution < 1.29 is 4.84 Å². The summed E-state index contributed by atoms with van der Waals surface area (Å²) in [6.45, 7) is 9.71. The number of nitrogens with two attached hydrogens (primary N) is 1. The molecular weight excluding hydrogens is 410 g/mol. The Morgan fingerprint density at radius 2 is 1.73 bits per heavy atom. The van der Waals surface area contributed by atoms with Crippen molar-refractivity contribution in [1.82, 2.24) is 14.9 Å². The molecule has 1 unspecified atom stereocenters. The standard InChI is InChI=1S/C27H33N5O/c1-4-32(5-2)15-16-33-31-25-18-21(17-24-26(25)19(3)29-27(28)30-24)23-14-10-9-13-22(23)20-11-7-6-8-12-20/h6-14,21H,4-5,15-18H2,1-3H3,(H2,28,29,30). The molecule has 0 radical (unpaired) electrons. The van der Waals surface area contributed by atoms with E-state index in [1.165, 1.54) is 16.7 Å². The minimum Gasteiger partial charge on any atom is -0.394 e. The molecule has 0 aliphatic heterocycles. The topological polar surface area (TPSA) is 76.6 Å². The summed E-state index contributed by atoms with van der Waals surface area (Å²) < 4.78 is 0. The van der Waals surface area contributed by atoms with Gasteiger partial charge >= 0.3 is 0 Å². The van der Waals surface area contributed by atoms with Crippen molar-refractivity contribution in [1.29, 1.82) is 0 Å². The van der Waals surface area contributed by atoms with Crippen LogP contribution in [0.5, 0.6) is 0 Å². The number of likely N-dealkylation sites (N-methyl/N-ethyl adjacent to an activating group) is 1. The van der Waals surface area contributed by atoms with Gasteiger partial charge in [-0.1, -0.05) is 73.6 Å². The lowest BCUT2D eigenvalue weighted by Crippen LogP contribution is -2.27. The number of nitrogens with zero attached hydrogens (tertiary/aromatic N) is 4. The number of nitrogen functional groups attached to an aromatic ring is 1. The van der Waals surface area contributed by atoms with Gasteiger partial charge in [0.2, 0.25) is 5.95 Å². The van der Waals surface area contributed by atoms with E-state index in [1.807, 2.05) is 13.0 Å². The van der Waals surface area contributed by atoms with Crippen molar-refractivity contribution in [2.75, 3.05) is 32.0 Å². The molecule has 1 atom stereocenters. The summed E-state index contributed by atoms with van der Waals surface area (Å²) in [6.07, 6.45) is 1.57. The minimum atomic E-state index is 0.229. The number of aryl methyl sites for hydroxylation is 1. The maximum atomic E-state index is 6.02. The number of hydrogen-bond acceptors (Lipinski definition) is 6. The molecule has 0 bridgehead atoms. The zero-order valence-corrected chi connectivity index (χ0v) is 19.8. The van der Waals surface area contributed by atoms with Gasteiger partial charge in [-0.15, -0.1) is 0 Å². The third-order valence-corrected chi connectivity index (χ3v) is 6.40. The van der Waals surface area contributed by atoms with Crippen LogP contribution in [0.15, 0.2) is 59.8 Å². The predicted molar refractivity (Wildman–Crippen MR) is 134 cm³/mol. The van der Waals surface area contributed by atoms with Gasteiger partial charge in [0.15, 0.2) is 0 Å². The maximum Gasteiger partial charge on any atom is 0.220 e. The van der Waals surface area contributed by atoms with Crippen LogP contribution in [0.2, 0.25) is 0 Å². The fraction of sp³-hybridized carbons (Fsp3) is 0.370. The van der Waals surface area contributed by atoms with E-state index < -0.39 is 0 Å². The van der Waals surface area contributed by atoms with Crippen LogP contribution in [0.4, 0.5) is 5.95 Å². The lowest BCUT2D eigenvalue weighted by Gasteiger charge is -2.28. The molecule has 0 saturated heterocycles. The average molecular weight is 444 g/mol. The van der Waals surface area contributed by atoms with E-state index in [0.717, 1.165) is 55.1 Å². The van der Waals surface area contributed by atoms with Gasteiger partial charge in [0, 0.05) is 18.5 Å². The highest BCUT2D eigenvalue weighted by Crippen LogP contribution is 2.38. The quantitative estimate of drug-likeness (QED) is 0.399. The predicted octanol–water partition coefficient (Wildman–Crippen LogP) is 4.83. The Morgan fingerprint density at radius 3 is 2.48 bits per heavy atom. The second kappa shape index (κ2) is 10.6. The highest BCUT2D eigenvalue weighted by Gasteiger charge is 2.30. The molecule has 1 aliphatic rings. The van der Waals surface area contributed by atoms with Crippen molar-refractivity contribution in [2.24, 2.45) is 5.16 Å². The van der Waals surface area contributed by atoms with Gasteiger partial charge in [-0.3, -0.25) is 0 Å². The van der Waals surface area contributed by atoms with E-state index in [1.54, 1.807) is 0 Å². The smallest absolute Gasteiger partial charge is 0.220 e. The molecule has 6 heteroatoms. The molecule has 2 N–H and O–H groups in total.